The predicted molar refractivity (Wildman–Crippen MR) is 254 cm³/mol. The molecule has 0 amide bonds. The number of hydrogen-bond acceptors (Lipinski definition) is 10. The second kappa shape index (κ2) is 33.9. The number of aliphatic hydroxyl groups excluding tert-OH is 6. The number of hydrogen-bond donors (Lipinski definition) is 6. The summed E-state index contributed by atoms with van der Waals surface area (Å²) in [6.07, 6.45) is 25.7. The minimum atomic E-state index is -0.858. The molecule has 6 N–H and O–H groups in total. The maximum atomic E-state index is 12.1. The van der Waals surface area contributed by atoms with Crippen molar-refractivity contribution in [1.29, 1.82) is 0 Å². The van der Waals surface area contributed by atoms with Crippen molar-refractivity contribution in [1.82, 2.24) is 0 Å². The maximum Gasteiger partial charge on any atom is 0.306 e. The summed E-state index contributed by atoms with van der Waals surface area (Å²) in [5.74, 6) is 0.111. The van der Waals surface area contributed by atoms with Crippen LogP contribution in [0.1, 0.15) is 149 Å². The fraction of sp³-hybridized carbons (Fsp3) is 0.580. The molecule has 2 aromatic rings. The van der Waals surface area contributed by atoms with Crippen LogP contribution in [-0.4, -0.2) is 92.4 Å². The van der Waals surface area contributed by atoms with Gasteiger partial charge in [-0.15, -0.1) is 11.8 Å². The van der Waals surface area contributed by atoms with Crippen molar-refractivity contribution < 1.29 is 40.2 Å². The highest BCUT2D eigenvalue weighted by Gasteiger charge is 2.30. The van der Waals surface area contributed by atoms with Gasteiger partial charge in [-0.1, -0.05) is 137 Å². The molecule has 0 saturated carbocycles. The van der Waals surface area contributed by atoms with Crippen LogP contribution in [0.15, 0.2) is 85.0 Å². The molecule has 60 heavy (non-hydrogen) atoms. The molecule has 0 aromatic heterocycles. The molecule has 10 heteroatoms. The van der Waals surface area contributed by atoms with E-state index >= 15 is 0 Å². The highest BCUT2D eigenvalue weighted by Crippen LogP contribution is 2.43. The van der Waals surface area contributed by atoms with Crippen molar-refractivity contribution in [2.45, 2.75) is 157 Å². The Kier molecular flexibility index (Phi) is 30.2. The molecular formula is C50H76O8S2. The van der Waals surface area contributed by atoms with Gasteiger partial charge in [0, 0.05) is 24.2 Å². The van der Waals surface area contributed by atoms with Crippen molar-refractivity contribution in [2.75, 3.05) is 26.1 Å². The minimum Gasteiger partial charge on any atom is -0.469 e. The average molecular weight is 869 g/mol. The third kappa shape index (κ3) is 23.5. The van der Waals surface area contributed by atoms with Crippen molar-refractivity contribution >= 4 is 41.6 Å². The van der Waals surface area contributed by atoms with Crippen LogP contribution in [0.5, 0.6) is 0 Å². The van der Waals surface area contributed by atoms with Crippen LogP contribution in [0.2, 0.25) is 0 Å². The van der Waals surface area contributed by atoms with E-state index in [-0.39, 0.29) is 36.1 Å². The first-order valence-corrected chi connectivity index (χ1v) is 24.3. The highest BCUT2D eigenvalue weighted by molar-refractivity contribution is 8.00. The van der Waals surface area contributed by atoms with Gasteiger partial charge < -0.3 is 35.4 Å². The van der Waals surface area contributed by atoms with Gasteiger partial charge in [-0.05, 0) is 92.9 Å². The van der Waals surface area contributed by atoms with E-state index in [1.807, 2.05) is 72.8 Å². The lowest BCUT2D eigenvalue weighted by Gasteiger charge is -2.31. The molecule has 8 nitrogen and oxygen atoms in total. The first-order chi connectivity index (χ1) is 29.1. The van der Waals surface area contributed by atoms with Gasteiger partial charge in [0.2, 0.25) is 0 Å². The monoisotopic (exact) mass is 868 g/mol. The number of thioether (sulfide) groups is 2. The van der Waals surface area contributed by atoms with Crippen LogP contribution >= 0.6 is 23.5 Å². The first kappa shape index (κ1) is 53.5. The van der Waals surface area contributed by atoms with E-state index in [0.717, 1.165) is 47.9 Å². The maximum absolute atomic E-state index is 12.1. The highest BCUT2D eigenvalue weighted by atomic mass is 32.2. The molecule has 0 aliphatic carbocycles. The minimum absolute atomic E-state index is 0.0452. The number of allylic oxidation sites excluding steroid dienone is 2. The smallest absolute Gasteiger partial charge is 0.306 e. The summed E-state index contributed by atoms with van der Waals surface area (Å²) in [7, 11) is 1.36. The Morgan fingerprint density at radius 1 is 0.683 bits per heavy atom. The van der Waals surface area contributed by atoms with E-state index in [1.165, 1.54) is 44.6 Å². The Balaban J connectivity index is 2.32. The van der Waals surface area contributed by atoms with Crippen LogP contribution in [0.25, 0.3) is 12.2 Å². The molecule has 0 heterocycles. The van der Waals surface area contributed by atoms with E-state index in [0.29, 0.717) is 50.7 Å². The lowest BCUT2D eigenvalue weighted by atomic mass is 10.00. The lowest BCUT2D eigenvalue weighted by molar-refractivity contribution is -0.140. The van der Waals surface area contributed by atoms with E-state index in [4.69, 9.17) is 4.74 Å². The summed E-state index contributed by atoms with van der Waals surface area (Å²) < 4.78 is 4.89. The predicted octanol–water partition coefficient (Wildman–Crippen LogP) is 10.3. The standard InChI is InChI=1S/C50H76O8S2/c1-4-6-8-10-12-14-24-43(53)29-27-39-20-18-22-41(36-39)49(59-35-32-48(57)58-3)47(56)38-45(31-34-52)60-50(46(55)26-16-17-33-51)42-23-19-21-40(37-42)28-30-44(54)25-15-13-11-9-7-5-2/h12-15,18-23,27-30,36-37,43-47,49-56H,4-11,16-17,24-26,31-35,38H2,1-3H3/b14-12-,15-13?,29-27+,30-28?. The largest absolute Gasteiger partial charge is 0.469 e. The van der Waals surface area contributed by atoms with Crippen molar-refractivity contribution in [2.24, 2.45) is 0 Å². The molecule has 0 radical (unpaired) electrons. The van der Waals surface area contributed by atoms with Gasteiger partial charge in [-0.3, -0.25) is 4.79 Å². The Morgan fingerprint density at radius 3 is 1.77 bits per heavy atom. The third-order valence-corrected chi connectivity index (χ3v) is 13.3. The van der Waals surface area contributed by atoms with Crippen LogP contribution < -0.4 is 0 Å². The lowest BCUT2D eigenvalue weighted by Crippen LogP contribution is -2.25. The molecule has 7 unspecified atom stereocenters. The second-order valence-electron chi connectivity index (χ2n) is 15.5. The topological polar surface area (TPSA) is 148 Å². The number of methoxy groups -OCH3 is 1. The normalized spacial score (nSPS) is 15.8. The number of carbonyl (C=O) groups is 1. The summed E-state index contributed by atoms with van der Waals surface area (Å²) in [5.41, 5.74) is 3.57. The van der Waals surface area contributed by atoms with Crippen molar-refractivity contribution in [3.63, 3.8) is 0 Å². The van der Waals surface area contributed by atoms with Gasteiger partial charge in [0.1, 0.15) is 0 Å². The summed E-state index contributed by atoms with van der Waals surface area (Å²) >= 11 is 3.02. The average Bonchev–Trinajstić information content (AvgIpc) is 3.25. The quantitative estimate of drug-likeness (QED) is 0.0228. The number of carbonyl (C=O) groups excluding carboxylic acids is 1. The summed E-state index contributed by atoms with van der Waals surface area (Å²) in [5, 5.41) is 63.6. The van der Waals surface area contributed by atoms with Crippen LogP contribution in [0.3, 0.4) is 0 Å². The molecular weight excluding hydrogens is 793 g/mol. The molecule has 0 saturated heterocycles. The van der Waals surface area contributed by atoms with Gasteiger partial charge in [0.25, 0.3) is 0 Å². The molecule has 2 rings (SSSR count). The third-order valence-electron chi connectivity index (χ3n) is 10.3. The fourth-order valence-electron chi connectivity index (χ4n) is 6.81. The van der Waals surface area contributed by atoms with E-state index in [2.05, 4.69) is 26.0 Å². The molecule has 7 atom stereocenters. The second-order valence-corrected chi connectivity index (χ2v) is 18.2. The molecule has 0 bridgehead atoms. The number of unbranched alkanes of at least 4 members (excludes halogenated alkanes) is 7. The van der Waals surface area contributed by atoms with E-state index in [9.17, 15) is 35.4 Å². The number of aliphatic hydroxyl groups is 6. The zero-order valence-corrected chi connectivity index (χ0v) is 38.2. The summed E-state index contributed by atoms with van der Waals surface area (Å²) in [6.45, 7) is 4.32. The van der Waals surface area contributed by atoms with Gasteiger partial charge >= 0.3 is 5.97 Å². The zero-order chi connectivity index (χ0) is 43.8. The van der Waals surface area contributed by atoms with Gasteiger partial charge in [-0.2, -0.15) is 11.8 Å². The SMILES string of the molecule is CCCCCC=CCC(O)C=Cc1cccc(C(SC(CCO)CC(O)C(SCCC(=O)OC)c2cccc(/C=C/C(O)C/C=C\CCCCC)c2)C(O)CCCCO)c1. The van der Waals surface area contributed by atoms with Crippen LogP contribution in [0.4, 0.5) is 0 Å². The Bertz CT molecular complexity index is 1530. The van der Waals surface area contributed by atoms with Crippen molar-refractivity contribution in [3.8, 4) is 0 Å². The Labute approximate surface area is 370 Å². The van der Waals surface area contributed by atoms with Crippen LogP contribution in [0, 0.1) is 0 Å². The number of esters is 1. The number of benzene rings is 2. The molecule has 0 spiro atoms. The zero-order valence-electron chi connectivity index (χ0n) is 36.5. The molecule has 0 aliphatic heterocycles. The molecule has 336 valence electrons. The van der Waals surface area contributed by atoms with Crippen LogP contribution in [-0.2, 0) is 9.53 Å². The summed E-state index contributed by atoms with van der Waals surface area (Å²) in [4.78, 5) is 12.1. The van der Waals surface area contributed by atoms with E-state index < -0.39 is 29.7 Å². The first-order valence-electron chi connectivity index (χ1n) is 22.3. The number of ether oxygens (including phenoxy) is 1. The molecule has 2 aromatic carbocycles. The fourth-order valence-corrected chi connectivity index (χ4v) is 9.60. The van der Waals surface area contributed by atoms with Gasteiger partial charge in [0.15, 0.2) is 0 Å². The summed E-state index contributed by atoms with van der Waals surface area (Å²) in [6, 6.07) is 15.8. The van der Waals surface area contributed by atoms with E-state index in [1.54, 1.807) is 23.9 Å². The molecule has 0 aliphatic rings. The molecule has 0 fully saturated rings. The Hall–Kier alpha value is -2.67. The van der Waals surface area contributed by atoms with Crippen molar-refractivity contribution in [3.05, 3.63) is 107 Å². The van der Waals surface area contributed by atoms with Gasteiger partial charge in [0.05, 0.1) is 48.4 Å². The number of rotatable bonds is 34. The Morgan fingerprint density at radius 2 is 1.25 bits per heavy atom. The van der Waals surface area contributed by atoms with Gasteiger partial charge in [-0.25, -0.2) is 0 Å².